The van der Waals surface area contributed by atoms with Gasteiger partial charge in [-0.15, -0.1) is 0 Å². The van der Waals surface area contributed by atoms with Crippen LogP contribution in [-0.2, 0) is 0 Å². The van der Waals surface area contributed by atoms with Crippen LogP contribution in [0.15, 0.2) is 158 Å². The van der Waals surface area contributed by atoms with Crippen LogP contribution in [0.4, 0.5) is 5.69 Å². The number of benzene rings is 7. The molecule has 8 heteroatoms. The molecule has 0 saturated carbocycles. The van der Waals surface area contributed by atoms with Gasteiger partial charge in [-0.05, 0) is 94.5 Å². The first-order valence-electron chi connectivity index (χ1n) is 19.0. The predicted octanol–water partition coefficient (Wildman–Crippen LogP) is 12.3. The molecule has 10 rings (SSSR count). The van der Waals surface area contributed by atoms with E-state index in [1.807, 2.05) is 78.9 Å². The van der Waals surface area contributed by atoms with E-state index in [1.54, 1.807) is 36.7 Å². The molecule has 0 amide bonds. The van der Waals surface area contributed by atoms with Crippen LogP contribution in [-0.4, -0.2) is 14.1 Å². The van der Waals surface area contributed by atoms with Crippen LogP contribution < -0.4 is 0 Å². The number of fused-ring (bicyclic) bond motifs is 6. The Bertz CT molecular complexity index is 3670. The maximum Gasteiger partial charge on any atom is 0.188 e. The highest BCUT2D eigenvalue weighted by atomic mass is 15.0. The molecule has 0 fully saturated rings. The molecule has 0 radical (unpaired) electrons. The SMILES string of the molecule is [C-]#[N+]c1ccc(-c2ccc3c4ccccc4n(-c4cc(C#N)c(-n5c6ccccc6c6ccc(-c7ccc(C#N)cc7C#N)cc65)cc4-c4ccncc4)c3c2)c(C#N)c1. The van der Waals surface area contributed by atoms with Gasteiger partial charge in [-0.3, -0.25) is 4.98 Å². The van der Waals surface area contributed by atoms with Crippen LogP contribution in [0.25, 0.3) is 93.2 Å². The highest BCUT2D eigenvalue weighted by Gasteiger charge is 2.23. The molecule has 0 aliphatic rings. The van der Waals surface area contributed by atoms with E-state index in [2.05, 4.69) is 85.7 Å². The molecule has 0 atom stereocenters. The lowest BCUT2D eigenvalue weighted by molar-refractivity contribution is 1.13. The van der Waals surface area contributed by atoms with E-state index in [0.717, 1.165) is 77.1 Å². The van der Waals surface area contributed by atoms with Crippen molar-refractivity contribution in [1.29, 1.82) is 21.0 Å². The van der Waals surface area contributed by atoms with Gasteiger partial charge in [0.15, 0.2) is 5.69 Å². The molecular formula is C52H26N8. The number of nitrogens with zero attached hydrogens (tertiary/aromatic N) is 8. The first-order chi connectivity index (χ1) is 29.5. The van der Waals surface area contributed by atoms with E-state index in [-0.39, 0.29) is 0 Å². The van der Waals surface area contributed by atoms with E-state index < -0.39 is 0 Å². The normalized spacial score (nSPS) is 10.9. The number of nitriles is 4. The maximum absolute atomic E-state index is 11.1. The van der Waals surface area contributed by atoms with Crippen molar-refractivity contribution >= 4 is 49.3 Å². The van der Waals surface area contributed by atoms with Gasteiger partial charge in [-0.2, -0.15) is 21.0 Å². The van der Waals surface area contributed by atoms with Gasteiger partial charge in [0.25, 0.3) is 0 Å². The molecule has 0 aliphatic heterocycles. The molecule has 7 aromatic carbocycles. The van der Waals surface area contributed by atoms with Crippen LogP contribution in [0.1, 0.15) is 22.3 Å². The zero-order valence-electron chi connectivity index (χ0n) is 31.6. The quantitative estimate of drug-likeness (QED) is 0.162. The van der Waals surface area contributed by atoms with E-state index in [4.69, 9.17) is 6.57 Å². The van der Waals surface area contributed by atoms with Crippen LogP contribution >= 0.6 is 0 Å². The fraction of sp³-hybridized carbons (Fsp3) is 0. The number of pyridine rings is 1. The summed E-state index contributed by atoms with van der Waals surface area (Å²) in [4.78, 5) is 7.87. The van der Waals surface area contributed by atoms with Crippen molar-refractivity contribution in [2.24, 2.45) is 0 Å². The van der Waals surface area contributed by atoms with Gasteiger partial charge >= 0.3 is 0 Å². The second kappa shape index (κ2) is 14.0. The van der Waals surface area contributed by atoms with E-state index in [1.165, 1.54) is 0 Å². The van der Waals surface area contributed by atoms with Gasteiger partial charge in [0.2, 0.25) is 0 Å². The Kier molecular flexibility index (Phi) is 8.23. The van der Waals surface area contributed by atoms with E-state index >= 15 is 0 Å². The van der Waals surface area contributed by atoms with Crippen LogP contribution in [0.3, 0.4) is 0 Å². The standard InChI is InChI=1S/C52H26N8/c1-57-39-13-17-41(37(23-39)30-55)35-12-16-45-43-7-3-5-9-48(43)60(51(45)25-35)52-26-38(31-56)49(27-46(52)33-18-20-58-21-19-33)59-47-8-4-2-6-42(47)44-15-11-34(24-50(44)59)40-14-10-32(28-53)22-36(40)29-54/h2-27H. The van der Waals surface area contributed by atoms with Crippen molar-refractivity contribution in [3.8, 4) is 69.0 Å². The number of rotatable bonds is 5. The molecule has 8 nitrogen and oxygen atoms in total. The summed E-state index contributed by atoms with van der Waals surface area (Å²) in [5.74, 6) is 0. The van der Waals surface area contributed by atoms with Crippen molar-refractivity contribution in [2.75, 3.05) is 0 Å². The Morgan fingerprint density at radius 3 is 1.57 bits per heavy atom. The molecule has 0 unspecified atom stereocenters. The summed E-state index contributed by atoms with van der Waals surface area (Å²) in [6.45, 7) is 7.49. The summed E-state index contributed by atoms with van der Waals surface area (Å²) >= 11 is 0. The Morgan fingerprint density at radius 2 is 0.983 bits per heavy atom. The molecule has 0 bridgehead atoms. The molecule has 0 saturated heterocycles. The molecule has 0 N–H and O–H groups in total. The zero-order valence-corrected chi connectivity index (χ0v) is 31.6. The van der Waals surface area contributed by atoms with Crippen LogP contribution in [0.5, 0.6) is 0 Å². The largest absolute Gasteiger partial charge is 0.309 e. The van der Waals surface area contributed by atoms with Gasteiger partial charge < -0.3 is 9.13 Å². The molecule has 0 spiro atoms. The lowest BCUT2D eigenvalue weighted by atomic mass is 9.97. The zero-order chi connectivity index (χ0) is 40.9. The Morgan fingerprint density at radius 1 is 0.433 bits per heavy atom. The van der Waals surface area contributed by atoms with Gasteiger partial charge in [-0.25, -0.2) is 4.85 Å². The third kappa shape index (κ3) is 5.45. The molecule has 0 aliphatic carbocycles. The number of para-hydroxylation sites is 2. The van der Waals surface area contributed by atoms with E-state index in [9.17, 15) is 21.0 Å². The highest BCUT2D eigenvalue weighted by molar-refractivity contribution is 6.12. The second-order valence-electron chi connectivity index (χ2n) is 14.3. The first-order valence-corrected chi connectivity index (χ1v) is 19.0. The molecule has 3 aromatic heterocycles. The molecule has 10 aromatic rings. The Hall–Kier alpha value is -9.26. The average Bonchev–Trinajstić information content (AvgIpc) is 3.82. The Labute approximate surface area is 343 Å². The van der Waals surface area contributed by atoms with Gasteiger partial charge in [-0.1, -0.05) is 78.9 Å². The summed E-state index contributed by atoms with van der Waals surface area (Å²) in [5.41, 5.74) is 11.9. The lowest BCUT2D eigenvalue weighted by Crippen LogP contribution is -2.04. The maximum atomic E-state index is 11.1. The number of hydrogen-bond acceptors (Lipinski definition) is 5. The summed E-state index contributed by atoms with van der Waals surface area (Å²) in [7, 11) is 0. The second-order valence-corrected chi connectivity index (χ2v) is 14.3. The van der Waals surface area contributed by atoms with Gasteiger partial charge in [0, 0.05) is 45.1 Å². The fourth-order valence-corrected chi connectivity index (χ4v) is 8.50. The van der Waals surface area contributed by atoms with E-state index in [0.29, 0.717) is 39.2 Å². The third-order valence-electron chi connectivity index (χ3n) is 11.2. The van der Waals surface area contributed by atoms with Gasteiger partial charge in [0.05, 0.1) is 74.9 Å². The highest BCUT2D eigenvalue weighted by Crippen LogP contribution is 2.42. The number of aromatic nitrogens is 3. The van der Waals surface area contributed by atoms with Crippen LogP contribution in [0, 0.1) is 51.9 Å². The fourth-order valence-electron chi connectivity index (χ4n) is 8.50. The predicted molar refractivity (Wildman–Crippen MR) is 234 cm³/mol. The monoisotopic (exact) mass is 762 g/mol. The summed E-state index contributed by atoms with van der Waals surface area (Å²) in [5, 5.41) is 44.9. The Balaban J connectivity index is 1.28. The minimum atomic E-state index is 0.400. The summed E-state index contributed by atoms with van der Waals surface area (Å²) in [6, 6.07) is 56.0. The average molecular weight is 763 g/mol. The topological polar surface area (TPSA) is 122 Å². The molecule has 3 heterocycles. The first kappa shape index (κ1) is 35.2. The number of hydrogen-bond donors (Lipinski definition) is 0. The van der Waals surface area contributed by atoms with Crippen molar-refractivity contribution in [3.63, 3.8) is 0 Å². The third-order valence-corrected chi connectivity index (χ3v) is 11.2. The molecule has 60 heavy (non-hydrogen) atoms. The van der Waals surface area contributed by atoms with Crippen molar-refractivity contribution < 1.29 is 0 Å². The minimum Gasteiger partial charge on any atom is -0.309 e. The van der Waals surface area contributed by atoms with Crippen molar-refractivity contribution in [3.05, 3.63) is 192 Å². The molecule has 274 valence electrons. The summed E-state index contributed by atoms with van der Waals surface area (Å²) in [6.07, 6.45) is 3.52. The van der Waals surface area contributed by atoms with Crippen molar-refractivity contribution in [1.82, 2.24) is 14.1 Å². The molecular weight excluding hydrogens is 737 g/mol. The van der Waals surface area contributed by atoms with Gasteiger partial charge in [0.1, 0.15) is 6.07 Å². The lowest BCUT2D eigenvalue weighted by Gasteiger charge is -2.19. The summed E-state index contributed by atoms with van der Waals surface area (Å²) < 4.78 is 4.31. The smallest absolute Gasteiger partial charge is 0.188 e. The van der Waals surface area contributed by atoms with Crippen LogP contribution in [0.2, 0.25) is 0 Å². The van der Waals surface area contributed by atoms with Crippen molar-refractivity contribution in [2.45, 2.75) is 0 Å². The minimum absolute atomic E-state index is 0.400.